The lowest BCUT2D eigenvalue weighted by Crippen LogP contribution is -2.31. The van der Waals surface area contributed by atoms with Crippen molar-refractivity contribution in [1.82, 2.24) is 15.1 Å². The topological polar surface area (TPSA) is 73.2 Å². The number of hydrogen-bond acceptors (Lipinski definition) is 5. The molecule has 6 nitrogen and oxygen atoms in total. The Morgan fingerprint density at radius 3 is 2.81 bits per heavy atom. The van der Waals surface area contributed by atoms with Gasteiger partial charge in [-0.15, -0.1) is 11.3 Å². The van der Waals surface area contributed by atoms with E-state index in [2.05, 4.69) is 10.4 Å². The Morgan fingerprint density at radius 1 is 1.33 bits per heavy atom. The molecule has 0 saturated heterocycles. The minimum Gasteiger partial charge on any atom is -0.451 e. The Balaban J connectivity index is 1.78. The van der Waals surface area contributed by atoms with Crippen molar-refractivity contribution in [3.63, 3.8) is 0 Å². The van der Waals surface area contributed by atoms with Crippen LogP contribution in [0, 0.1) is 12.8 Å². The maximum atomic E-state index is 12.3. The number of hydrogen-bond donors (Lipinski definition) is 1. The molecule has 0 aliphatic heterocycles. The van der Waals surface area contributed by atoms with Gasteiger partial charge < -0.3 is 10.1 Å². The number of benzene rings is 1. The molecule has 1 aromatic carbocycles. The number of carbonyl (C=O) groups excluding carboxylic acids is 2. The molecule has 2 aromatic heterocycles. The highest BCUT2D eigenvalue weighted by molar-refractivity contribution is 7.20. The largest absolute Gasteiger partial charge is 0.451 e. The van der Waals surface area contributed by atoms with Crippen LogP contribution >= 0.6 is 22.9 Å². The summed E-state index contributed by atoms with van der Waals surface area (Å²) in [5.74, 6) is -0.489. The molecule has 0 saturated carbocycles. The molecule has 0 unspecified atom stereocenters. The zero-order valence-corrected chi connectivity index (χ0v) is 16.9. The summed E-state index contributed by atoms with van der Waals surface area (Å²) >= 11 is 7.35. The van der Waals surface area contributed by atoms with Gasteiger partial charge in [-0.3, -0.25) is 4.79 Å². The summed E-state index contributed by atoms with van der Waals surface area (Å²) in [6.07, 6.45) is 0. The predicted molar refractivity (Wildman–Crippen MR) is 107 cm³/mol. The molecule has 142 valence electrons. The number of carbonyl (C=O) groups is 2. The van der Waals surface area contributed by atoms with E-state index in [1.807, 2.05) is 39.0 Å². The average Bonchev–Trinajstić information content (AvgIpc) is 3.18. The Bertz CT molecular complexity index is 993. The zero-order chi connectivity index (χ0) is 19.6. The number of esters is 1. The van der Waals surface area contributed by atoms with Crippen molar-refractivity contribution in [2.75, 3.05) is 13.2 Å². The number of aryl methyl sites for hydroxylation is 1. The van der Waals surface area contributed by atoms with Crippen LogP contribution in [0.15, 0.2) is 30.3 Å². The van der Waals surface area contributed by atoms with Gasteiger partial charge in [0.25, 0.3) is 5.91 Å². The Kier molecular flexibility index (Phi) is 5.82. The number of fused-ring (bicyclic) bond motifs is 1. The number of aromatic nitrogens is 2. The Morgan fingerprint density at radius 2 is 2.11 bits per heavy atom. The van der Waals surface area contributed by atoms with Crippen LogP contribution in [-0.2, 0) is 9.53 Å². The smallest absolute Gasteiger partial charge is 0.348 e. The maximum Gasteiger partial charge on any atom is 0.348 e. The van der Waals surface area contributed by atoms with Gasteiger partial charge in [-0.2, -0.15) is 5.10 Å². The van der Waals surface area contributed by atoms with Crippen molar-refractivity contribution in [3.05, 3.63) is 45.9 Å². The number of nitrogens with zero attached hydrogens (tertiary/aromatic N) is 2. The van der Waals surface area contributed by atoms with Crippen molar-refractivity contribution in [1.29, 1.82) is 0 Å². The number of amides is 1. The van der Waals surface area contributed by atoms with E-state index in [-0.39, 0.29) is 12.5 Å². The third-order valence-electron chi connectivity index (χ3n) is 3.84. The van der Waals surface area contributed by atoms with Gasteiger partial charge >= 0.3 is 5.97 Å². The fraction of sp³-hybridized carbons (Fsp3) is 0.316. The lowest BCUT2D eigenvalue weighted by atomic mass is 10.2. The fourth-order valence-electron chi connectivity index (χ4n) is 2.50. The highest BCUT2D eigenvalue weighted by Gasteiger charge is 2.19. The van der Waals surface area contributed by atoms with Gasteiger partial charge in [0, 0.05) is 17.0 Å². The quantitative estimate of drug-likeness (QED) is 0.629. The van der Waals surface area contributed by atoms with Gasteiger partial charge in [0.15, 0.2) is 6.61 Å². The monoisotopic (exact) mass is 405 g/mol. The van der Waals surface area contributed by atoms with E-state index in [0.717, 1.165) is 21.6 Å². The van der Waals surface area contributed by atoms with E-state index in [4.69, 9.17) is 16.3 Å². The summed E-state index contributed by atoms with van der Waals surface area (Å²) in [5.41, 5.74) is 1.62. The molecule has 0 bridgehead atoms. The van der Waals surface area contributed by atoms with Gasteiger partial charge in [-0.05, 0) is 37.1 Å². The lowest BCUT2D eigenvalue weighted by Gasteiger charge is -2.07. The number of halogens is 1. The second-order valence-corrected chi connectivity index (χ2v) is 8.05. The first-order valence-electron chi connectivity index (χ1n) is 8.54. The van der Waals surface area contributed by atoms with Crippen molar-refractivity contribution in [3.8, 4) is 5.69 Å². The van der Waals surface area contributed by atoms with Gasteiger partial charge in [0.05, 0.1) is 11.4 Å². The average molecular weight is 406 g/mol. The van der Waals surface area contributed by atoms with Gasteiger partial charge in [0.1, 0.15) is 9.71 Å². The highest BCUT2D eigenvalue weighted by Crippen LogP contribution is 2.31. The number of thiophene rings is 1. The molecule has 1 N–H and O–H groups in total. The first kappa shape index (κ1) is 19.4. The third-order valence-corrected chi connectivity index (χ3v) is 5.17. The van der Waals surface area contributed by atoms with Gasteiger partial charge in [-0.1, -0.05) is 31.5 Å². The molecule has 0 aliphatic rings. The molecule has 27 heavy (non-hydrogen) atoms. The van der Waals surface area contributed by atoms with E-state index in [1.165, 1.54) is 11.3 Å². The second kappa shape index (κ2) is 8.10. The Labute approximate surface area is 166 Å². The standard InChI is InChI=1S/C19H20ClN3O3S/c1-11(2)9-21-17(24)10-26-19(25)16-8-15-12(3)22-23(18(15)27-16)14-6-4-5-13(20)7-14/h4-8,11H,9-10H2,1-3H3,(H,21,24). The molecule has 3 aromatic rings. The number of nitrogens with one attached hydrogen (secondary N) is 1. The number of rotatable bonds is 6. The molecule has 8 heteroatoms. The van der Waals surface area contributed by atoms with E-state index in [9.17, 15) is 9.59 Å². The summed E-state index contributed by atoms with van der Waals surface area (Å²) in [7, 11) is 0. The van der Waals surface area contributed by atoms with Crippen LogP contribution in [0.1, 0.15) is 29.2 Å². The Hall–Kier alpha value is -2.38. The third kappa shape index (κ3) is 4.48. The van der Waals surface area contributed by atoms with E-state index >= 15 is 0 Å². The predicted octanol–water partition coefficient (Wildman–Crippen LogP) is 3.98. The summed E-state index contributed by atoms with van der Waals surface area (Å²) in [5, 5.41) is 8.73. The normalized spacial score (nSPS) is 11.1. The van der Waals surface area contributed by atoms with Crippen LogP contribution in [0.5, 0.6) is 0 Å². The van der Waals surface area contributed by atoms with Crippen LogP contribution in [0.3, 0.4) is 0 Å². The van der Waals surface area contributed by atoms with Crippen LogP contribution in [0.4, 0.5) is 0 Å². The summed E-state index contributed by atoms with van der Waals surface area (Å²) < 4.78 is 6.89. The number of ether oxygens (including phenoxy) is 1. The molecule has 0 radical (unpaired) electrons. The minimum absolute atomic E-state index is 0.292. The van der Waals surface area contributed by atoms with Crippen molar-refractivity contribution in [2.24, 2.45) is 5.92 Å². The molecule has 3 rings (SSSR count). The molecule has 0 aliphatic carbocycles. The lowest BCUT2D eigenvalue weighted by molar-refractivity contribution is -0.124. The highest BCUT2D eigenvalue weighted by atomic mass is 35.5. The van der Waals surface area contributed by atoms with E-state index < -0.39 is 5.97 Å². The van der Waals surface area contributed by atoms with Crippen LogP contribution in [0.25, 0.3) is 15.9 Å². The maximum absolute atomic E-state index is 12.3. The first-order chi connectivity index (χ1) is 12.8. The molecule has 0 atom stereocenters. The van der Waals surface area contributed by atoms with E-state index in [0.29, 0.717) is 22.4 Å². The fourth-order valence-corrected chi connectivity index (χ4v) is 3.76. The molecular weight excluding hydrogens is 386 g/mol. The van der Waals surface area contributed by atoms with Crippen molar-refractivity contribution < 1.29 is 14.3 Å². The van der Waals surface area contributed by atoms with Gasteiger partial charge in [-0.25, -0.2) is 9.48 Å². The molecule has 0 fully saturated rings. The zero-order valence-electron chi connectivity index (χ0n) is 15.3. The summed E-state index contributed by atoms with van der Waals surface area (Å²) in [6, 6.07) is 9.09. The van der Waals surface area contributed by atoms with Crippen LogP contribution in [0.2, 0.25) is 5.02 Å². The van der Waals surface area contributed by atoms with Crippen molar-refractivity contribution in [2.45, 2.75) is 20.8 Å². The van der Waals surface area contributed by atoms with Crippen LogP contribution in [-0.4, -0.2) is 34.8 Å². The molecule has 2 heterocycles. The molecule has 1 amide bonds. The summed E-state index contributed by atoms with van der Waals surface area (Å²) in [6.45, 7) is 6.13. The summed E-state index contributed by atoms with van der Waals surface area (Å²) in [4.78, 5) is 25.3. The minimum atomic E-state index is -0.520. The van der Waals surface area contributed by atoms with Gasteiger partial charge in [0.2, 0.25) is 0 Å². The second-order valence-electron chi connectivity index (χ2n) is 6.58. The SMILES string of the molecule is Cc1nn(-c2cccc(Cl)c2)c2sc(C(=O)OCC(=O)NCC(C)C)cc12. The van der Waals surface area contributed by atoms with Crippen molar-refractivity contribution >= 4 is 45.0 Å². The molecule has 0 spiro atoms. The van der Waals surface area contributed by atoms with Crippen LogP contribution < -0.4 is 5.32 Å². The van der Waals surface area contributed by atoms with E-state index in [1.54, 1.807) is 16.8 Å². The first-order valence-corrected chi connectivity index (χ1v) is 9.73. The molecular formula is C19H20ClN3O3S.